The lowest BCUT2D eigenvalue weighted by Crippen LogP contribution is -2.38. The molecule has 0 unspecified atom stereocenters. The third kappa shape index (κ3) is 3.93. The van der Waals surface area contributed by atoms with Crippen LogP contribution >= 0.6 is 11.6 Å². The smallest absolute Gasteiger partial charge is 0.325 e. The van der Waals surface area contributed by atoms with Crippen LogP contribution in [-0.4, -0.2) is 37.7 Å². The zero-order chi connectivity index (χ0) is 14.8. The maximum Gasteiger partial charge on any atom is 0.325 e. The molecule has 19 heavy (non-hydrogen) atoms. The lowest BCUT2D eigenvalue weighted by atomic mass is 10.2. The third-order valence-corrected chi connectivity index (χ3v) is 3.89. The highest BCUT2D eigenvalue weighted by Crippen LogP contribution is 2.22. The molecule has 1 rings (SSSR count). The van der Waals surface area contributed by atoms with E-state index in [2.05, 4.69) is 5.32 Å². The Hall–Kier alpha value is -1.60. The van der Waals surface area contributed by atoms with Crippen molar-refractivity contribution in [1.29, 1.82) is 0 Å². The lowest BCUT2D eigenvalue weighted by Gasteiger charge is -2.10. The first-order valence-corrected chi connectivity index (χ1v) is 7.43. The molecule has 0 aliphatic heterocycles. The standard InChI is InChI=1S/C11H12ClNO5S/c1-6(11(15)16)13-10(14)7-3-4-8(12)9(5-7)19(2,17)18/h3-6H,1-2H3,(H,13,14)(H,15,16)/t6-/m1/s1. The van der Waals surface area contributed by atoms with Crippen molar-refractivity contribution in [3.05, 3.63) is 28.8 Å². The Morgan fingerprint density at radius 1 is 1.37 bits per heavy atom. The van der Waals surface area contributed by atoms with Crippen molar-refractivity contribution in [1.82, 2.24) is 5.32 Å². The van der Waals surface area contributed by atoms with Crippen molar-refractivity contribution in [2.75, 3.05) is 6.26 Å². The number of carbonyl (C=O) groups is 2. The second-order valence-electron chi connectivity index (χ2n) is 3.95. The van der Waals surface area contributed by atoms with E-state index in [1.807, 2.05) is 0 Å². The van der Waals surface area contributed by atoms with E-state index in [0.717, 1.165) is 12.3 Å². The second kappa shape index (κ2) is 5.58. The van der Waals surface area contributed by atoms with Crippen LogP contribution in [0.4, 0.5) is 0 Å². The van der Waals surface area contributed by atoms with Gasteiger partial charge < -0.3 is 10.4 Å². The number of hydrogen-bond acceptors (Lipinski definition) is 4. The summed E-state index contributed by atoms with van der Waals surface area (Å²) in [6, 6.07) is 2.63. The fourth-order valence-electron chi connectivity index (χ4n) is 1.27. The Kier molecular flexibility index (Phi) is 4.54. The lowest BCUT2D eigenvalue weighted by molar-refractivity contribution is -0.138. The van der Waals surface area contributed by atoms with Gasteiger partial charge in [0.25, 0.3) is 5.91 Å². The zero-order valence-electron chi connectivity index (χ0n) is 10.2. The molecule has 0 bridgehead atoms. The maximum atomic E-state index is 11.7. The molecule has 0 fully saturated rings. The summed E-state index contributed by atoms with van der Waals surface area (Å²) in [7, 11) is -3.56. The maximum absolute atomic E-state index is 11.7. The highest BCUT2D eigenvalue weighted by atomic mass is 35.5. The molecule has 1 aromatic carbocycles. The summed E-state index contributed by atoms with van der Waals surface area (Å²) >= 11 is 5.74. The van der Waals surface area contributed by atoms with Crippen molar-refractivity contribution >= 4 is 33.3 Å². The van der Waals surface area contributed by atoms with Gasteiger partial charge in [-0.15, -0.1) is 0 Å². The largest absolute Gasteiger partial charge is 0.480 e. The van der Waals surface area contributed by atoms with Gasteiger partial charge in [-0.05, 0) is 25.1 Å². The fraction of sp³-hybridized carbons (Fsp3) is 0.273. The molecule has 0 aromatic heterocycles. The van der Waals surface area contributed by atoms with Crippen molar-refractivity contribution < 1.29 is 23.1 Å². The van der Waals surface area contributed by atoms with Crippen LogP contribution in [0.15, 0.2) is 23.1 Å². The van der Waals surface area contributed by atoms with Crippen LogP contribution in [0.1, 0.15) is 17.3 Å². The number of nitrogens with one attached hydrogen (secondary N) is 1. The number of rotatable bonds is 4. The molecule has 0 saturated heterocycles. The van der Waals surface area contributed by atoms with E-state index in [-0.39, 0.29) is 15.5 Å². The molecule has 6 nitrogen and oxygen atoms in total. The number of hydrogen-bond donors (Lipinski definition) is 2. The van der Waals surface area contributed by atoms with Crippen LogP contribution in [0.3, 0.4) is 0 Å². The molecule has 1 amide bonds. The molecule has 2 N–H and O–H groups in total. The minimum atomic E-state index is -3.56. The van der Waals surface area contributed by atoms with Gasteiger partial charge >= 0.3 is 5.97 Å². The molecule has 104 valence electrons. The number of carbonyl (C=O) groups excluding carboxylic acids is 1. The highest BCUT2D eigenvalue weighted by molar-refractivity contribution is 7.90. The highest BCUT2D eigenvalue weighted by Gasteiger charge is 2.18. The number of halogens is 1. The van der Waals surface area contributed by atoms with Crippen LogP contribution in [0, 0.1) is 0 Å². The van der Waals surface area contributed by atoms with Gasteiger partial charge in [-0.2, -0.15) is 0 Å². The second-order valence-corrected chi connectivity index (χ2v) is 6.34. The molecule has 0 saturated carbocycles. The average Bonchev–Trinajstić information content (AvgIpc) is 2.27. The van der Waals surface area contributed by atoms with E-state index in [1.165, 1.54) is 19.1 Å². The van der Waals surface area contributed by atoms with Gasteiger partial charge in [-0.3, -0.25) is 9.59 Å². The van der Waals surface area contributed by atoms with E-state index < -0.39 is 27.8 Å². The first kappa shape index (κ1) is 15.5. The van der Waals surface area contributed by atoms with Gasteiger partial charge in [-0.25, -0.2) is 8.42 Å². The summed E-state index contributed by atoms with van der Waals surface area (Å²) in [5.74, 6) is -1.87. The van der Waals surface area contributed by atoms with Crippen LogP contribution in [0.2, 0.25) is 5.02 Å². The van der Waals surface area contributed by atoms with E-state index >= 15 is 0 Å². The summed E-state index contributed by atoms with van der Waals surface area (Å²) in [4.78, 5) is 22.2. The molecule has 0 aliphatic rings. The summed E-state index contributed by atoms with van der Waals surface area (Å²) in [5.41, 5.74) is 0.0259. The van der Waals surface area contributed by atoms with Crippen molar-refractivity contribution in [2.45, 2.75) is 17.9 Å². The Balaban J connectivity index is 3.10. The normalized spacial score (nSPS) is 12.8. The van der Waals surface area contributed by atoms with E-state index in [4.69, 9.17) is 16.7 Å². The van der Waals surface area contributed by atoms with Crippen molar-refractivity contribution in [3.63, 3.8) is 0 Å². The van der Waals surface area contributed by atoms with E-state index in [9.17, 15) is 18.0 Å². The number of carboxylic acids is 1. The summed E-state index contributed by atoms with van der Waals surface area (Å²) in [5, 5.41) is 10.9. The molecule has 1 aromatic rings. The SMILES string of the molecule is C[C@@H](NC(=O)c1ccc(Cl)c(S(C)(=O)=O)c1)C(=O)O. The first-order chi connectivity index (χ1) is 8.62. The Morgan fingerprint density at radius 2 is 1.95 bits per heavy atom. The van der Waals surface area contributed by atoms with Crippen molar-refractivity contribution in [2.24, 2.45) is 0 Å². The third-order valence-electron chi connectivity index (χ3n) is 2.31. The topological polar surface area (TPSA) is 101 Å². The minimum absolute atomic E-state index is 0.00494. The predicted octanol–water partition coefficient (Wildman–Crippen LogP) is 0.946. The predicted molar refractivity (Wildman–Crippen MR) is 69.1 cm³/mol. The molecular weight excluding hydrogens is 294 g/mol. The van der Waals surface area contributed by atoms with Gasteiger partial charge in [-0.1, -0.05) is 11.6 Å². The Bertz CT molecular complexity index is 626. The van der Waals surface area contributed by atoms with Crippen molar-refractivity contribution in [3.8, 4) is 0 Å². The minimum Gasteiger partial charge on any atom is -0.480 e. The Labute approximate surface area is 115 Å². The van der Waals surface area contributed by atoms with Gasteiger partial charge in [0.2, 0.25) is 0 Å². The van der Waals surface area contributed by atoms with Gasteiger partial charge in [0, 0.05) is 11.8 Å². The molecular formula is C11H12ClNO5S. The molecule has 8 heteroatoms. The van der Waals surface area contributed by atoms with E-state index in [0.29, 0.717) is 0 Å². The van der Waals surface area contributed by atoms with Crippen LogP contribution in [0.25, 0.3) is 0 Å². The monoisotopic (exact) mass is 305 g/mol. The Morgan fingerprint density at radius 3 is 2.42 bits per heavy atom. The first-order valence-electron chi connectivity index (χ1n) is 5.16. The summed E-state index contributed by atoms with van der Waals surface area (Å²) in [6.07, 6.45) is 0.968. The van der Waals surface area contributed by atoms with Gasteiger partial charge in [0.1, 0.15) is 6.04 Å². The van der Waals surface area contributed by atoms with Gasteiger partial charge in [0.05, 0.1) is 9.92 Å². The summed E-state index contributed by atoms with van der Waals surface area (Å²) in [6.45, 7) is 1.30. The average molecular weight is 306 g/mol. The van der Waals surface area contributed by atoms with Crippen LogP contribution in [-0.2, 0) is 14.6 Å². The fourth-order valence-corrected chi connectivity index (χ4v) is 2.57. The molecule has 0 aliphatic carbocycles. The van der Waals surface area contributed by atoms with E-state index in [1.54, 1.807) is 0 Å². The number of sulfone groups is 1. The quantitative estimate of drug-likeness (QED) is 0.862. The van der Waals surface area contributed by atoms with Gasteiger partial charge in [0.15, 0.2) is 9.84 Å². The number of aliphatic carboxylic acids is 1. The molecule has 0 radical (unpaired) electrons. The number of amides is 1. The number of carboxylic acid groups (broad SMARTS) is 1. The zero-order valence-corrected chi connectivity index (χ0v) is 11.7. The molecule has 0 heterocycles. The van der Waals surface area contributed by atoms with Crippen LogP contribution in [0.5, 0.6) is 0 Å². The summed E-state index contributed by atoms with van der Waals surface area (Å²) < 4.78 is 22.9. The number of benzene rings is 1. The molecule has 1 atom stereocenters. The molecule has 0 spiro atoms. The van der Waals surface area contributed by atoms with Crippen LogP contribution < -0.4 is 5.32 Å².